The number of para-hydroxylation sites is 1. The Bertz CT molecular complexity index is 319. The highest BCUT2D eigenvalue weighted by molar-refractivity contribution is 5.71. The minimum Gasteiger partial charge on any atom is -0.494 e. The number of hydrogen-bond acceptors (Lipinski definition) is 3. The first-order chi connectivity index (χ1) is 8.20. The van der Waals surface area contributed by atoms with E-state index in [-0.39, 0.29) is 11.9 Å². The van der Waals surface area contributed by atoms with Crippen LogP contribution in [0.4, 0.5) is 0 Å². The lowest BCUT2D eigenvalue weighted by Crippen LogP contribution is -2.12. The Morgan fingerprint density at radius 3 is 2.41 bits per heavy atom. The van der Waals surface area contributed by atoms with Crippen LogP contribution in [0.25, 0.3) is 0 Å². The monoisotopic (exact) mass is 236 g/mol. The molecule has 0 aromatic heterocycles. The van der Waals surface area contributed by atoms with Gasteiger partial charge in [0.15, 0.2) is 0 Å². The van der Waals surface area contributed by atoms with Crippen molar-refractivity contribution < 1.29 is 14.3 Å². The van der Waals surface area contributed by atoms with E-state index in [1.165, 1.54) is 0 Å². The van der Waals surface area contributed by atoms with Crippen molar-refractivity contribution in [3.63, 3.8) is 0 Å². The molecule has 3 heteroatoms. The molecule has 0 spiro atoms. The summed E-state index contributed by atoms with van der Waals surface area (Å²) in [6.07, 6.45) is 1.73. The van der Waals surface area contributed by atoms with Gasteiger partial charge in [-0.15, -0.1) is 0 Å². The van der Waals surface area contributed by atoms with Crippen LogP contribution in [0, 0.1) is 5.92 Å². The fourth-order valence-electron chi connectivity index (χ4n) is 1.25. The van der Waals surface area contributed by atoms with E-state index in [9.17, 15) is 4.79 Å². The molecule has 0 fully saturated rings. The standard InChI is InChI=1S/C14H20O3/c1-12(2)14(15)17-11-7-6-10-16-13-8-4-3-5-9-13/h3-5,8-9,12H,6-7,10-11H2,1-2H3. The van der Waals surface area contributed by atoms with Crippen LogP contribution < -0.4 is 4.74 Å². The van der Waals surface area contributed by atoms with E-state index in [2.05, 4.69) is 0 Å². The van der Waals surface area contributed by atoms with Gasteiger partial charge < -0.3 is 9.47 Å². The molecule has 3 nitrogen and oxygen atoms in total. The molecular weight excluding hydrogens is 216 g/mol. The average Bonchev–Trinajstić information content (AvgIpc) is 2.34. The minimum atomic E-state index is -0.131. The molecule has 1 rings (SSSR count). The van der Waals surface area contributed by atoms with Crippen LogP contribution in [0.1, 0.15) is 26.7 Å². The molecule has 0 aliphatic heterocycles. The first kappa shape index (κ1) is 13.6. The zero-order valence-corrected chi connectivity index (χ0v) is 10.5. The number of esters is 1. The zero-order valence-electron chi connectivity index (χ0n) is 10.5. The molecule has 0 bridgehead atoms. The van der Waals surface area contributed by atoms with Crippen LogP contribution in [-0.2, 0) is 9.53 Å². The topological polar surface area (TPSA) is 35.5 Å². The van der Waals surface area contributed by atoms with Gasteiger partial charge in [-0.25, -0.2) is 0 Å². The molecule has 0 aliphatic rings. The predicted molar refractivity (Wildman–Crippen MR) is 67.0 cm³/mol. The molecule has 94 valence electrons. The van der Waals surface area contributed by atoms with Gasteiger partial charge >= 0.3 is 5.97 Å². The molecule has 0 heterocycles. The number of rotatable bonds is 7. The highest BCUT2D eigenvalue weighted by Gasteiger charge is 2.06. The second kappa shape index (κ2) is 7.71. The fourth-order valence-corrected chi connectivity index (χ4v) is 1.25. The third-order valence-corrected chi connectivity index (χ3v) is 2.27. The second-order valence-electron chi connectivity index (χ2n) is 4.19. The second-order valence-corrected chi connectivity index (χ2v) is 4.19. The van der Waals surface area contributed by atoms with Crippen LogP contribution >= 0.6 is 0 Å². The highest BCUT2D eigenvalue weighted by atomic mass is 16.5. The maximum atomic E-state index is 11.1. The molecule has 0 radical (unpaired) electrons. The third-order valence-electron chi connectivity index (χ3n) is 2.27. The number of ether oxygens (including phenoxy) is 2. The predicted octanol–water partition coefficient (Wildman–Crippen LogP) is 3.04. The lowest BCUT2D eigenvalue weighted by atomic mass is 10.2. The summed E-state index contributed by atoms with van der Waals surface area (Å²) in [6.45, 7) is 4.81. The van der Waals surface area contributed by atoms with Crippen molar-refractivity contribution >= 4 is 5.97 Å². The van der Waals surface area contributed by atoms with E-state index >= 15 is 0 Å². The van der Waals surface area contributed by atoms with Crippen molar-refractivity contribution in [1.29, 1.82) is 0 Å². The van der Waals surface area contributed by atoms with Crippen molar-refractivity contribution in [1.82, 2.24) is 0 Å². The smallest absolute Gasteiger partial charge is 0.308 e. The summed E-state index contributed by atoms with van der Waals surface area (Å²) in [5, 5.41) is 0. The molecular formula is C14H20O3. The number of unbranched alkanes of at least 4 members (excludes halogenated alkanes) is 1. The summed E-state index contributed by atoms with van der Waals surface area (Å²) in [4.78, 5) is 11.1. The summed E-state index contributed by atoms with van der Waals surface area (Å²) in [5.41, 5.74) is 0. The Balaban J connectivity index is 2.00. The summed E-state index contributed by atoms with van der Waals surface area (Å²) in [7, 11) is 0. The van der Waals surface area contributed by atoms with Crippen molar-refractivity contribution in [3.8, 4) is 5.75 Å². The van der Waals surface area contributed by atoms with E-state index in [1.807, 2.05) is 44.2 Å². The Morgan fingerprint density at radius 2 is 1.76 bits per heavy atom. The van der Waals surface area contributed by atoms with Crippen molar-refractivity contribution in [2.24, 2.45) is 5.92 Å². The first-order valence-electron chi connectivity index (χ1n) is 6.04. The number of carbonyl (C=O) groups is 1. The molecule has 1 aromatic rings. The average molecular weight is 236 g/mol. The molecule has 0 unspecified atom stereocenters. The molecule has 0 saturated carbocycles. The van der Waals surface area contributed by atoms with Crippen LogP contribution in [0.3, 0.4) is 0 Å². The first-order valence-corrected chi connectivity index (χ1v) is 6.04. The third kappa shape index (κ3) is 5.95. The molecule has 0 amide bonds. The Kier molecular flexibility index (Phi) is 6.15. The fraction of sp³-hybridized carbons (Fsp3) is 0.500. The largest absolute Gasteiger partial charge is 0.494 e. The Hall–Kier alpha value is -1.51. The number of hydrogen-bond donors (Lipinski definition) is 0. The van der Waals surface area contributed by atoms with E-state index in [4.69, 9.17) is 9.47 Å². The van der Waals surface area contributed by atoms with Gasteiger partial charge in [0.25, 0.3) is 0 Å². The molecule has 0 N–H and O–H groups in total. The van der Waals surface area contributed by atoms with Crippen molar-refractivity contribution in [2.75, 3.05) is 13.2 Å². The lowest BCUT2D eigenvalue weighted by molar-refractivity contribution is -0.147. The molecule has 0 aliphatic carbocycles. The Labute approximate surface area is 103 Å². The van der Waals surface area contributed by atoms with E-state index in [1.54, 1.807) is 0 Å². The van der Waals surface area contributed by atoms with Crippen LogP contribution in [-0.4, -0.2) is 19.2 Å². The summed E-state index contributed by atoms with van der Waals surface area (Å²) < 4.78 is 10.6. The maximum absolute atomic E-state index is 11.1. The number of carbonyl (C=O) groups excluding carboxylic acids is 1. The van der Waals surface area contributed by atoms with Gasteiger partial charge in [0.05, 0.1) is 19.1 Å². The summed E-state index contributed by atoms with van der Waals surface area (Å²) in [6, 6.07) is 9.70. The van der Waals surface area contributed by atoms with Crippen LogP contribution in [0.15, 0.2) is 30.3 Å². The van der Waals surface area contributed by atoms with Crippen LogP contribution in [0.2, 0.25) is 0 Å². The lowest BCUT2D eigenvalue weighted by Gasteiger charge is -2.08. The van der Waals surface area contributed by atoms with E-state index < -0.39 is 0 Å². The SMILES string of the molecule is CC(C)C(=O)OCCCCOc1ccccc1. The highest BCUT2D eigenvalue weighted by Crippen LogP contribution is 2.08. The van der Waals surface area contributed by atoms with Gasteiger partial charge in [0.2, 0.25) is 0 Å². The number of benzene rings is 1. The van der Waals surface area contributed by atoms with Gasteiger partial charge in [-0.05, 0) is 25.0 Å². The molecule has 0 atom stereocenters. The van der Waals surface area contributed by atoms with Crippen LogP contribution in [0.5, 0.6) is 5.75 Å². The zero-order chi connectivity index (χ0) is 12.5. The normalized spacial score (nSPS) is 10.3. The summed E-state index contributed by atoms with van der Waals surface area (Å²) in [5.74, 6) is 0.705. The molecule has 17 heavy (non-hydrogen) atoms. The van der Waals surface area contributed by atoms with Gasteiger partial charge in [-0.1, -0.05) is 32.0 Å². The Morgan fingerprint density at radius 1 is 1.12 bits per heavy atom. The molecule has 1 aromatic carbocycles. The summed E-state index contributed by atoms with van der Waals surface area (Å²) >= 11 is 0. The van der Waals surface area contributed by atoms with Gasteiger partial charge in [0, 0.05) is 0 Å². The minimum absolute atomic E-state index is 0.0458. The van der Waals surface area contributed by atoms with Gasteiger partial charge in [-0.2, -0.15) is 0 Å². The van der Waals surface area contributed by atoms with Gasteiger partial charge in [0.1, 0.15) is 5.75 Å². The maximum Gasteiger partial charge on any atom is 0.308 e. The van der Waals surface area contributed by atoms with Crippen molar-refractivity contribution in [3.05, 3.63) is 30.3 Å². The van der Waals surface area contributed by atoms with E-state index in [0.29, 0.717) is 13.2 Å². The quantitative estimate of drug-likeness (QED) is 0.539. The molecule has 0 saturated heterocycles. The van der Waals surface area contributed by atoms with E-state index in [0.717, 1.165) is 18.6 Å². The van der Waals surface area contributed by atoms with Crippen molar-refractivity contribution in [2.45, 2.75) is 26.7 Å². The van der Waals surface area contributed by atoms with Gasteiger partial charge in [-0.3, -0.25) is 4.79 Å².